The van der Waals surface area contributed by atoms with Crippen LogP contribution in [0, 0.1) is 0 Å². The van der Waals surface area contributed by atoms with Gasteiger partial charge in [0.25, 0.3) is 5.91 Å². The first-order chi connectivity index (χ1) is 19.0. The second-order valence-corrected chi connectivity index (χ2v) is 12.6. The fourth-order valence-corrected chi connectivity index (χ4v) is 7.46. The van der Waals surface area contributed by atoms with Gasteiger partial charge in [-0.25, -0.2) is 14.3 Å². The standard InChI is InChI=1S/C25H25Cl2N5O5S3/c26-17-8-13(9-18(27)29-17)10-19(38)30-20-22(33)32-21(25(36)37)14(12-40-23(20)32)11-39-15-3-6-31(7-4-15)5-1-2-16(28)24(34)35/h3-4,6-9,16,20,23H,1-2,5,10-12,28H2,(H2-,30,34,35,36,37,38)/t16-,20+,23+/m0/s1. The zero-order valence-electron chi connectivity index (χ0n) is 20.9. The van der Waals surface area contributed by atoms with Crippen molar-refractivity contribution in [1.29, 1.82) is 0 Å². The molecule has 15 heteroatoms. The smallest absolute Gasteiger partial charge is 0.352 e. The number of thiocarbonyl (C=S) groups is 1. The number of aryl methyl sites for hydroxylation is 1. The molecule has 3 atom stereocenters. The Hall–Kier alpha value is -2.42. The Kier molecular flexibility index (Phi) is 10.3. The third-order valence-corrected chi connectivity index (χ3v) is 9.35. The number of carbonyl (C=O) groups excluding carboxylic acids is 2. The molecule has 0 unspecified atom stereocenters. The maximum Gasteiger partial charge on any atom is 0.352 e. The Morgan fingerprint density at radius 2 is 2.00 bits per heavy atom. The molecule has 212 valence electrons. The quantitative estimate of drug-likeness (QED) is 0.101. The molecule has 4 N–H and O–H groups in total. The lowest BCUT2D eigenvalue weighted by atomic mass is 10.0. The Balaban J connectivity index is 1.33. The minimum absolute atomic E-state index is 0.0215. The average molecular weight is 643 g/mol. The maximum absolute atomic E-state index is 13.0. The van der Waals surface area contributed by atoms with Crippen LogP contribution in [0.25, 0.3) is 0 Å². The molecule has 4 rings (SSSR count). The van der Waals surface area contributed by atoms with Crippen LogP contribution in [0.4, 0.5) is 0 Å². The van der Waals surface area contributed by atoms with Crippen molar-refractivity contribution < 1.29 is 29.2 Å². The summed E-state index contributed by atoms with van der Waals surface area (Å²) in [5.74, 6) is -1.86. The Labute approximate surface area is 254 Å². The number of halogens is 2. The zero-order chi connectivity index (χ0) is 29.0. The predicted octanol–water partition coefficient (Wildman–Crippen LogP) is 1.41. The van der Waals surface area contributed by atoms with E-state index in [4.69, 9.17) is 41.2 Å². The summed E-state index contributed by atoms with van der Waals surface area (Å²) in [7, 11) is 0. The van der Waals surface area contributed by atoms with Gasteiger partial charge in [0.05, 0.1) is 11.0 Å². The van der Waals surface area contributed by atoms with Crippen molar-refractivity contribution >= 4 is 81.8 Å². The number of pyridine rings is 2. The second kappa shape index (κ2) is 13.5. The topological polar surface area (TPSA) is 153 Å². The molecule has 1 saturated heterocycles. The summed E-state index contributed by atoms with van der Waals surface area (Å²) in [5.41, 5.74) is 6.92. The number of amides is 1. The van der Waals surface area contributed by atoms with Crippen LogP contribution in [0.5, 0.6) is 0 Å². The van der Waals surface area contributed by atoms with Crippen molar-refractivity contribution in [3.8, 4) is 0 Å². The van der Waals surface area contributed by atoms with Crippen molar-refractivity contribution in [3.63, 3.8) is 0 Å². The number of hydrogen-bond donors (Lipinski definition) is 3. The molecular formula is C25H25Cl2N5O5S3. The Morgan fingerprint density at radius 3 is 2.62 bits per heavy atom. The SMILES string of the molecule is N[C@@H](CCC[n+]1ccc(SCC2=C(C(=O)O)N3C(=O)[C@@H](NC(=S)Cc4cc(Cl)nc(Cl)c4)[C@H]3SC2)cc1)C(=O)[O-]. The molecule has 2 aromatic heterocycles. The molecule has 0 spiro atoms. The number of nitrogens with two attached hydrogens (primary N) is 1. The first-order valence-corrected chi connectivity index (χ1v) is 15.3. The van der Waals surface area contributed by atoms with E-state index < -0.39 is 24.0 Å². The van der Waals surface area contributed by atoms with Crippen LogP contribution in [0.1, 0.15) is 18.4 Å². The van der Waals surface area contributed by atoms with Gasteiger partial charge in [-0.3, -0.25) is 9.69 Å². The molecule has 0 aliphatic carbocycles. The minimum Gasteiger partial charge on any atom is -0.548 e. The van der Waals surface area contributed by atoms with Crippen LogP contribution >= 0.6 is 58.9 Å². The number of nitrogens with zero attached hydrogens (tertiary/aromatic N) is 3. The predicted molar refractivity (Wildman–Crippen MR) is 155 cm³/mol. The van der Waals surface area contributed by atoms with E-state index in [1.165, 1.54) is 28.4 Å². The normalized spacial score (nSPS) is 19.1. The molecule has 1 fully saturated rings. The van der Waals surface area contributed by atoms with Gasteiger partial charge in [0.1, 0.15) is 34.0 Å². The van der Waals surface area contributed by atoms with E-state index in [2.05, 4.69) is 10.3 Å². The van der Waals surface area contributed by atoms with Gasteiger partial charge in [-0.2, -0.15) is 0 Å². The summed E-state index contributed by atoms with van der Waals surface area (Å²) < 4.78 is 1.92. The van der Waals surface area contributed by atoms with Gasteiger partial charge in [0, 0.05) is 47.4 Å². The molecule has 1 amide bonds. The molecule has 0 saturated carbocycles. The summed E-state index contributed by atoms with van der Waals surface area (Å²) >= 11 is 20.3. The van der Waals surface area contributed by atoms with Gasteiger partial charge < -0.3 is 26.1 Å². The molecule has 2 aromatic rings. The number of aliphatic carboxylic acids is 2. The number of β-lactam (4-membered cyclic amide) rings is 1. The number of thioether (sulfide) groups is 2. The van der Waals surface area contributed by atoms with Crippen LogP contribution in [-0.2, 0) is 27.3 Å². The van der Waals surface area contributed by atoms with Crippen molar-refractivity contribution in [3.05, 3.63) is 63.8 Å². The summed E-state index contributed by atoms with van der Waals surface area (Å²) in [5, 5.41) is 23.9. The summed E-state index contributed by atoms with van der Waals surface area (Å²) in [4.78, 5) is 42.5. The Bertz CT molecular complexity index is 1340. The molecule has 0 bridgehead atoms. The third kappa shape index (κ3) is 7.45. The number of hydrogen-bond acceptors (Lipinski definition) is 9. The minimum atomic E-state index is -1.26. The molecule has 0 aromatic carbocycles. The lowest BCUT2D eigenvalue weighted by Crippen LogP contribution is -2.70. The van der Waals surface area contributed by atoms with Crippen LogP contribution in [0.15, 0.2) is 52.8 Å². The molecule has 2 aliphatic rings. The van der Waals surface area contributed by atoms with E-state index >= 15 is 0 Å². The first-order valence-electron chi connectivity index (χ1n) is 12.1. The van der Waals surface area contributed by atoms with Gasteiger partial charge >= 0.3 is 5.97 Å². The van der Waals surface area contributed by atoms with E-state index in [1.807, 2.05) is 29.1 Å². The number of nitrogens with one attached hydrogen (secondary N) is 1. The Morgan fingerprint density at radius 1 is 1.32 bits per heavy atom. The van der Waals surface area contributed by atoms with Gasteiger partial charge in [-0.15, -0.1) is 23.5 Å². The molecule has 0 radical (unpaired) electrons. The van der Waals surface area contributed by atoms with Crippen molar-refractivity contribution in [2.45, 2.75) is 48.2 Å². The number of carbonyl (C=O) groups is 3. The molecule has 4 heterocycles. The number of fused-ring (bicyclic) bond motifs is 1. The van der Waals surface area contributed by atoms with E-state index in [0.717, 1.165) is 10.5 Å². The van der Waals surface area contributed by atoms with Gasteiger partial charge in [-0.05, 0) is 29.7 Å². The van der Waals surface area contributed by atoms with Crippen LogP contribution in [-0.4, -0.2) is 66.8 Å². The molecule has 40 heavy (non-hydrogen) atoms. The van der Waals surface area contributed by atoms with E-state index in [-0.39, 0.29) is 27.3 Å². The van der Waals surface area contributed by atoms with Crippen molar-refractivity contribution in [1.82, 2.24) is 15.2 Å². The number of carboxylic acids is 2. The highest BCUT2D eigenvalue weighted by molar-refractivity contribution is 8.01. The summed E-state index contributed by atoms with van der Waals surface area (Å²) in [6, 6.07) is 5.49. The van der Waals surface area contributed by atoms with Crippen molar-refractivity contribution in [2.24, 2.45) is 5.73 Å². The number of carboxylic acid groups (broad SMARTS) is 2. The van der Waals surface area contributed by atoms with Crippen molar-refractivity contribution in [2.75, 3.05) is 11.5 Å². The van der Waals surface area contributed by atoms with Gasteiger partial charge in [-0.1, -0.05) is 35.4 Å². The van der Waals surface area contributed by atoms with Gasteiger partial charge in [0.2, 0.25) is 0 Å². The average Bonchev–Trinajstić information content (AvgIpc) is 2.89. The molecule has 2 aliphatic heterocycles. The fraction of sp³-hybridized carbons (Fsp3) is 0.360. The van der Waals surface area contributed by atoms with Gasteiger partial charge in [0.15, 0.2) is 12.4 Å². The van der Waals surface area contributed by atoms with Crippen LogP contribution < -0.4 is 20.7 Å². The molecular weight excluding hydrogens is 617 g/mol. The summed E-state index contributed by atoms with van der Waals surface area (Å²) in [6.45, 7) is 0.609. The fourth-order valence-electron chi connectivity index (χ4n) is 4.29. The maximum atomic E-state index is 13.0. The lowest BCUT2D eigenvalue weighted by molar-refractivity contribution is -0.697. The largest absolute Gasteiger partial charge is 0.548 e. The highest BCUT2D eigenvalue weighted by Gasteiger charge is 2.53. The summed E-state index contributed by atoms with van der Waals surface area (Å²) in [6.07, 6.45) is 4.97. The number of rotatable bonds is 12. The lowest BCUT2D eigenvalue weighted by Gasteiger charge is -2.49. The van der Waals surface area contributed by atoms with E-state index in [9.17, 15) is 24.6 Å². The van der Waals surface area contributed by atoms with Crippen LogP contribution in [0.2, 0.25) is 10.3 Å². The first kappa shape index (κ1) is 30.5. The zero-order valence-corrected chi connectivity index (χ0v) is 24.9. The monoisotopic (exact) mass is 641 g/mol. The van der Waals surface area contributed by atoms with E-state index in [0.29, 0.717) is 47.9 Å². The highest BCUT2D eigenvalue weighted by atomic mass is 35.5. The second-order valence-electron chi connectivity index (χ2n) is 9.14. The van der Waals surface area contributed by atoms with E-state index in [1.54, 1.807) is 12.1 Å². The molecule has 10 nitrogen and oxygen atoms in total. The van der Waals surface area contributed by atoms with Crippen LogP contribution in [0.3, 0.4) is 0 Å². The number of aromatic nitrogens is 2. The third-order valence-electron chi connectivity index (χ3n) is 6.26. The highest BCUT2D eigenvalue weighted by Crippen LogP contribution is 2.41.